The molecular weight excluding hydrogens is 310 g/mol. The molecule has 1 amide bonds. The highest BCUT2D eigenvalue weighted by Gasteiger charge is 2.36. The molecule has 1 aliphatic rings. The Morgan fingerprint density at radius 3 is 2.45 bits per heavy atom. The van der Waals surface area contributed by atoms with Crippen molar-refractivity contribution in [3.63, 3.8) is 0 Å². The van der Waals surface area contributed by atoms with Crippen molar-refractivity contribution in [1.82, 2.24) is 4.90 Å². The second-order valence-electron chi connectivity index (χ2n) is 5.32. The number of benzene rings is 1. The van der Waals surface area contributed by atoms with Crippen LogP contribution < -0.4 is 4.74 Å². The van der Waals surface area contributed by atoms with Crippen molar-refractivity contribution in [1.29, 1.82) is 0 Å². The SMILES string of the molecule is COc1ccc(C2CN(C(=O)O)CC2COS(C)(=O)=O)cc1. The molecule has 0 radical (unpaired) electrons. The molecule has 1 fully saturated rings. The van der Waals surface area contributed by atoms with E-state index in [-0.39, 0.29) is 25.0 Å². The fraction of sp³-hybridized carbons (Fsp3) is 0.500. The number of carboxylic acid groups (broad SMARTS) is 1. The summed E-state index contributed by atoms with van der Waals surface area (Å²) in [5, 5.41) is 9.15. The second kappa shape index (κ2) is 6.53. The molecule has 1 saturated heterocycles. The Labute approximate surface area is 129 Å². The van der Waals surface area contributed by atoms with E-state index in [9.17, 15) is 13.2 Å². The summed E-state index contributed by atoms with van der Waals surface area (Å²) < 4.78 is 32.3. The van der Waals surface area contributed by atoms with E-state index in [1.807, 2.05) is 12.1 Å². The maximum absolute atomic E-state index is 11.2. The van der Waals surface area contributed by atoms with Crippen molar-refractivity contribution in [3.05, 3.63) is 29.8 Å². The topological polar surface area (TPSA) is 93.1 Å². The lowest BCUT2D eigenvalue weighted by molar-refractivity contribution is 0.152. The lowest BCUT2D eigenvalue weighted by Crippen LogP contribution is -2.27. The second-order valence-corrected chi connectivity index (χ2v) is 6.96. The summed E-state index contributed by atoms with van der Waals surface area (Å²) in [6, 6.07) is 7.32. The third-order valence-electron chi connectivity index (χ3n) is 3.75. The lowest BCUT2D eigenvalue weighted by Gasteiger charge is -2.18. The summed E-state index contributed by atoms with van der Waals surface area (Å²) in [5.74, 6) is 0.392. The van der Waals surface area contributed by atoms with Crippen LogP contribution in [0.1, 0.15) is 11.5 Å². The van der Waals surface area contributed by atoms with E-state index in [4.69, 9.17) is 14.0 Å². The standard InChI is InChI=1S/C14H19NO6S/c1-20-12-5-3-10(4-6-12)13-8-15(14(16)17)7-11(13)9-21-22(2,18)19/h3-6,11,13H,7-9H2,1-2H3,(H,16,17). The van der Waals surface area contributed by atoms with Gasteiger partial charge in [-0.1, -0.05) is 12.1 Å². The van der Waals surface area contributed by atoms with Crippen LogP contribution in [0.2, 0.25) is 0 Å². The largest absolute Gasteiger partial charge is 0.497 e. The number of ether oxygens (including phenoxy) is 1. The van der Waals surface area contributed by atoms with Gasteiger partial charge in [0.15, 0.2) is 0 Å². The highest BCUT2D eigenvalue weighted by atomic mass is 32.2. The molecular formula is C14H19NO6S. The van der Waals surface area contributed by atoms with Gasteiger partial charge in [0.25, 0.3) is 10.1 Å². The van der Waals surface area contributed by atoms with E-state index in [1.165, 1.54) is 4.90 Å². The van der Waals surface area contributed by atoms with Gasteiger partial charge in [0.05, 0.1) is 20.0 Å². The summed E-state index contributed by atoms with van der Waals surface area (Å²) >= 11 is 0. The van der Waals surface area contributed by atoms with Gasteiger partial charge in [-0.15, -0.1) is 0 Å². The molecule has 2 atom stereocenters. The molecule has 0 spiro atoms. The van der Waals surface area contributed by atoms with Crippen LogP contribution in [0.5, 0.6) is 5.75 Å². The van der Waals surface area contributed by atoms with E-state index < -0.39 is 16.2 Å². The average molecular weight is 329 g/mol. The Kier molecular flexibility index (Phi) is 4.92. The number of nitrogens with zero attached hydrogens (tertiary/aromatic N) is 1. The third-order valence-corrected chi connectivity index (χ3v) is 4.32. The lowest BCUT2D eigenvalue weighted by atomic mass is 9.89. The van der Waals surface area contributed by atoms with Crippen molar-refractivity contribution >= 4 is 16.2 Å². The van der Waals surface area contributed by atoms with Crippen molar-refractivity contribution in [3.8, 4) is 5.75 Å². The van der Waals surface area contributed by atoms with Crippen LogP contribution in [0.15, 0.2) is 24.3 Å². The maximum atomic E-state index is 11.2. The molecule has 7 nitrogen and oxygen atoms in total. The predicted octanol–water partition coefficient (Wildman–Crippen LogP) is 1.36. The molecule has 1 aliphatic heterocycles. The molecule has 1 aromatic rings. The highest BCUT2D eigenvalue weighted by Crippen LogP contribution is 2.34. The first-order chi connectivity index (χ1) is 10.3. The van der Waals surface area contributed by atoms with E-state index in [1.54, 1.807) is 19.2 Å². The minimum absolute atomic E-state index is 0.0285. The van der Waals surface area contributed by atoms with Crippen LogP contribution in [0.3, 0.4) is 0 Å². The van der Waals surface area contributed by atoms with Crippen LogP contribution in [0, 0.1) is 5.92 Å². The molecule has 2 unspecified atom stereocenters. The van der Waals surface area contributed by atoms with Crippen molar-refractivity contribution in [2.24, 2.45) is 5.92 Å². The van der Waals surface area contributed by atoms with Gasteiger partial charge in [-0.3, -0.25) is 4.18 Å². The Balaban J connectivity index is 2.17. The predicted molar refractivity (Wildman–Crippen MR) is 79.6 cm³/mol. The maximum Gasteiger partial charge on any atom is 0.407 e. The van der Waals surface area contributed by atoms with Crippen molar-refractivity contribution < 1.29 is 27.2 Å². The van der Waals surface area contributed by atoms with Crippen LogP contribution >= 0.6 is 0 Å². The molecule has 122 valence electrons. The summed E-state index contributed by atoms with van der Waals surface area (Å²) in [5.41, 5.74) is 0.937. The molecule has 2 rings (SSSR count). The van der Waals surface area contributed by atoms with Crippen molar-refractivity contribution in [2.45, 2.75) is 5.92 Å². The fourth-order valence-corrected chi connectivity index (χ4v) is 3.06. The minimum atomic E-state index is -3.55. The molecule has 22 heavy (non-hydrogen) atoms. The van der Waals surface area contributed by atoms with E-state index in [2.05, 4.69) is 0 Å². The van der Waals surface area contributed by atoms with E-state index >= 15 is 0 Å². The van der Waals surface area contributed by atoms with Gasteiger partial charge in [0, 0.05) is 24.9 Å². The Morgan fingerprint density at radius 2 is 1.95 bits per heavy atom. The number of carbonyl (C=O) groups is 1. The molecule has 1 aromatic carbocycles. The van der Waals surface area contributed by atoms with Gasteiger partial charge in [-0.05, 0) is 17.7 Å². The fourth-order valence-electron chi connectivity index (χ4n) is 2.64. The smallest absolute Gasteiger partial charge is 0.407 e. The van der Waals surface area contributed by atoms with E-state index in [0.29, 0.717) is 12.3 Å². The van der Waals surface area contributed by atoms with Gasteiger partial charge in [-0.25, -0.2) is 4.79 Å². The Hall–Kier alpha value is -1.80. The zero-order chi connectivity index (χ0) is 16.3. The van der Waals surface area contributed by atoms with Gasteiger partial charge in [-0.2, -0.15) is 8.42 Å². The molecule has 1 N–H and O–H groups in total. The highest BCUT2D eigenvalue weighted by molar-refractivity contribution is 7.85. The zero-order valence-electron chi connectivity index (χ0n) is 12.4. The van der Waals surface area contributed by atoms with Gasteiger partial charge in [0.1, 0.15) is 5.75 Å². The van der Waals surface area contributed by atoms with Crippen LogP contribution in [-0.4, -0.2) is 57.6 Å². The van der Waals surface area contributed by atoms with Gasteiger partial charge < -0.3 is 14.7 Å². The molecule has 0 aromatic heterocycles. The first-order valence-electron chi connectivity index (χ1n) is 6.76. The average Bonchev–Trinajstić information content (AvgIpc) is 2.89. The Bertz CT molecular complexity index is 627. The van der Waals surface area contributed by atoms with Crippen molar-refractivity contribution in [2.75, 3.05) is 33.1 Å². The number of methoxy groups -OCH3 is 1. The van der Waals surface area contributed by atoms with Gasteiger partial charge >= 0.3 is 6.09 Å². The summed E-state index contributed by atoms with van der Waals surface area (Å²) in [6.07, 6.45) is -0.0281. The number of hydrogen-bond donors (Lipinski definition) is 1. The zero-order valence-corrected chi connectivity index (χ0v) is 13.2. The third kappa shape index (κ3) is 4.11. The summed E-state index contributed by atoms with van der Waals surface area (Å²) in [7, 11) is -1.98. The Morgan fingerprint density at radius 1 is 1.32 bits per heavy atom. The molecule has 0 bridgehead atoms. The quantitative estimate of drug-likeness (QED) is 0.820. The normalized spacial score (nSPS) is 21.8. The molecule has 1 heterocycles. The molecule has 0 aliphatic carbocycles. The number of rotatable bonds is 5. The monoisotopic (exact) mass is 329 g/mol. The first-order valence-corrected chi connectivity index (χ1v) is 8.58. The van der Waals surface area contributed by atoms with Crippen LogP contribution in [0.25, 0.3) is 0 Å². The van der Waals surface area contributed by atoms with Crippen LogP contribution in [0.4, 0.5) is 4.79 Å². The summed E-state index contributed by atoms with van der Waals surface area (Å²) in [6.45, 7) is 0.542. The van der Waals surface area contributed by atoms with Crippen LogP contribution in [-0.2, 0) is 14.3 Å². The van der Waals surface area contributed by atoms with Gasteiger partial charge in [0.2, 0.25) is 0 Å². The molecule has 0 saturated carbocycles. The number of hydrogen-bond acceptors (Lipinski definition) is 5. The summed E-state index contributed by atoms with van der Waals surface area (Å²) in [4.78, 5) is 12.5. The number of amides is 1. The minimum Gasteiger partial charge on any atom is -0.497 e. The van der Waals surface area contributed by atoms with E-state index in [0.717, 1.165) is 11.8 Å². The number of likely N-dealkylation sites (tertiary alicyclic amines) is 1. The molecule has 8 heteroatoms. The first kappa shape index (κ1) is 16.6.